The second kappa shape index (κ2) is 8.59. The molecule has 0 aliphatic heterocycles. The van der Waals surface area contributed by atoms with Crippen LogP contribution in [0.1, 0.15) is 31.9 Å². The summed E-state index contributed by atoms with van der Waals surface area (Å²) < 4.78 is 27.9. The third kappa shape index (κ3) is 6.17. The Labute approximate surface area is 147 Å². The number of carbonyl (C=O) groups excluding carboxylic acids is 1. The smallest absolute Gasteiger partial charge is 0.233 e. The minimum Gasteiger partial charge on any atom is -0.311 e. The highest BCUT2D eigenvalue weighted by atomic mass is 32.2. The fourth-order valence-corrected chi connectivity index (χ4v) is 2.94. The van der Waals surface area contributed by atoms with Gasteiger partial charge in [0.1, 0.15) is 5.82 Å². The molecule has 2 aromatic rings. The molecule has 0 radical (unpaired) electrons. The molecule has 7 nitrogen and oxygen atoms in total. The van der Waals surface area contributed by atoms with Crippen LogP contribution in [0.3, 0.4) is 0 Å². The number of nitrogens with zero attached hydrogens (tertiary/aromatic N) is 2. The molecule has 1 aromatic heterocycles. The van der Waals surface area contributed by atoms with Crippen molar-refractivity contribution in [1.82, 2.24) is 14.5 Å². The number of amides is 1. The SMILES string of the molecule is CC(C)n1nccc1NC(=O)CCNS(=O)(=O)/C=C/c1ccccc1. The summed E-state index contributed by atoms with van der Waals surface area (Å²) in [6.45, 7) is 3.93. The third-order valence-corrected chi connectivity index (χ3v) is 4.42. The number of benzene rings is 1. The number of sulfonamides is 1. The monoisotopic (exact) mass is 362 g/mol. The van der Waals surface area contributed by atoms with Crippen LogP contribution in [0.15, 0.2) is 48.0 Å². The molecule has 134 valence electrons. The Balaban J connectivity index is 1.82. The van der Waals surface area contributed by atoms with Crippen molar-refractivity contribution in [2.75, 3.05) is 11.9 Å². The second-order valence-corrected chi connectivity index (χ2v) is 7.36. The Morgan fingerprint density at radius 1 is 1.24 bits per heavy atom. The molecule has 1 heterocycles. The molecule has 0 fully saturated rings. The molecule has 1 aromatic carbocycles. The highest BCUT2D eigenvalue weighted by molar-refractivity contribution is 7.92. The van der Waals surface area contributed by atoms with Gasteiger partial charge < -0.3 is 5.32 Å². The lowest BCUT2D eigenvalue weighted by Gasteiger charge is -2.11. The summed E-state index contributed by atoms with van der Waals surface area (Å²) in [5.74, 6) is 0.309. The molecule has 0 bridgehead atoms. The van der Waals surface area contributed by atoms with Gasteiger partial charge in [0.25, 0.3) is 0 Å². The van der Waals surface area contributed by atoms with E-state index in [-0.39, 0.29) is 24.9 Å². The van der Waals surface area contributed by atoms with Crippen LogP contribution in [0.4, 0.5) is 5.82 Å². The fourth-order valence-electron chi connectivity index (χ4n) is 2.12. The lowest BCUT2D eigenvalue weighted by atomic mass is 10.2. The van der Waals surface area contributed by atoms with Gasteiger partial charge in [-0.25, -0.2) is 17.8 Å². The number of aromatic nitrogens is 2. The molecule has 0 saturated carbocycles. The van der Waals surface area contributed by atoms with Gasteiger partial charge in [-0.1, -0.05) is 30.3 Å². The summed E-state index contributed by atoms with van der Waals surface area (Å²) in [4.78, 5) is 11.9. The van der Waals surface area contributed by atoms with Crippen LogP contribution in [0.2, 0.25) is 0 Å². The average Bonchev–Trinajstić information content (AvgIpc) is 3.02. The Hall–Kier alpha value is -2.45. The summed E-state index contributed by atoms with van der Waals surface area (Å²) in [6.07, 6.45) is 3.14. The van der Waals surface area contributed by atoms with Crippen molar-refractivity contribution in [2.24, 2.45) is 0 Å². The van der Waals surface area contributed by atoms with E-state index in [4.69, 9.17) is 0 Å². The predicted molar refractivity (Wildman–Crippen MR) is 98.3 cm³/mol. The van der Waals surface area contributed by atoms with Crippen molar-refractivity contribution in [3.8, 4) is 0 Å². The molecule has 2 rings (SSSR count). The van der Waals surface area contributed by atoms with E-state index in [0.29, 0.717) is 5.82 Å². The number of carbonyl (C=O) groups is 1. The Bertz CT molecular complexity index is 827. The second-order valence-electron chi connectivity index (χ2n) is 5.71. The Kier molecular flexibility index (Phi) is 6.49. The maximum Gasteiger partial charge on any atom is 0.233 e. The first-order valence-corrected chi connectivity index (χ1v) is 9.48. The van der Waals surface area contributed by atoms with Gasteiger partial charge in [-0.3, -0.25) is 4.79 Å². The van der Waals surface area contributed by atoms with Crippen molar-refractivity contribution in [3.63, 3.8) is 0 Å². The fraction of sp³-hybridized carbons (Fsp3) is 0.294. The predicted octanol–water partition coefficient (Wildman–Crippen LogP) is 2.38. The average molecular weight is 362 g/mol. The summed E-state index contributed by atoms with van der Waals surface area (Å²) in [6, 6.07) is 10.9. The molecule has 2 N–H and O–H groups in total. The molecule has 0 spiro atoms. The molecule has 0 unspecified atom stereocenters. The van der Waals surface area contributed by atoms with E-state index >= 15 is 0 Å². The number of anilines is 1. The zero-order chi connectivity index (χ0) is 18.3. The van der Waals surface area contributed by atoms with E-state index in [9.17, 15) is 13.2 Å². The molecule has 25 heavy (non-hydrogen) atoms. The molecule has 0 atom stereocenters. The highest BCUT2D eigenvalue weighted by Crippen LogP contribution is 2.13. The van der Waals surface area contributed by atoms with Crippen molar-refractivity contribution in [1.29, 1.82) is 0 Å². The van der Waals surface area contributed by atoms with Crippen molar-refractivity contribution in [2.45, 2.75) is 26.3 Å². The quantitative estimate of drug-likeness (QED) is 0.754. The number of hydrogen-bond acceptors (Lipinski definition) is 4. The zero-order valence-corrected chi connectivity index (χ0v) is 15.0. The van der Waals surface area contributed by atoms with Gasteiger partial charge in [-0.2, -0.15) is 5.10 Å². The molecular formula is C17H22N4O3S. The van der Waals surface area contributed by atoms with E-state index in [1.54, 1.807) is 29.1 Å². The number of nitrogens with one attached hydrogen (secondary N) is 2. The largest absolute Gasteiger partial charge is 0.311 e. The molecule has 8 heteroatoms. The number of hydrogen-bond donors (Lipinski definition) is 2. The van der Waals surface area contributed by atoms with Gasteiger partial charge >= 0.3 is 0 Å². The van der Waals surface area contributed by atoms with E-state index < -0.39 is 10.0 Å². The topological polar surface area (TPSA) is 93.1 Å². The Morgan fingerprint density at radius 3 is 2.64 bits per heavy atom. The van der Waals surface area contributed by atoms with E-state index in [0.717, 1.165) is 11.0 Å². The van der Waals surface area contributed by atoms with E-state index in [1.807, 2.05) is 32.0 Å². The standard InChI is InChI=1S/C17H22N4O3S/c1-14(2)21-16(8-11-18-21)20-17(22)9-12-19-25(23,24)13-10-15-6-4-3-5-7-15/h3-8,10-11,13-14,19H,9,12H2,1-2H3,(H,20,22)/b13-10+. The minimum atomic E-state index is -3.59. The van der Waals surface area contributed by atoms with Crippen LogP contribution >= 0.6 is 0 Å². The maximum atomic E-state index is 11.9. The third-order valence-electron chi connectivity index (χ3n) is 3.32. The van der Waals surface area contributed by atoms with Crippen molar-refractivity contribution >= 4 is 27.8 Å². The van der Waals surface area contributed by atoms with Gasteiger partial charge in [0.05, 0.1) is 6.20 Å². The zero-order valence-electron chi connectivity index (χ0n) is 14.2. The van der Waals surface area contributed by atoms with Crippen LogP contribution in [-0.4, -0.2) is 30.7 Å². The van der Waals surface area contributed by atoms with Crippen LogP contribution in [0.25, 0.3) is 6.08 Å². The molecule has 1 amide bonds. The molecule has 0 aliphatic rings. The van der Waals surface area contributed by atoms with Crippen LogP contribution in [0.5, 0.6) is 0 Å². The van der Waals surface area contributed by atoms with E-state index in [2.05, 4.69) is 15.1 Å². The summed E-state index contributed by atoms with van der Waals surface area (Å²) in [5.41, 5.74) is 0.785. The van der Waals surface area contributed by atoms with Crippen molar-refractivity contribution < 1.29 is 13.2 Å². The Morgan fingerprint density at radius 2 is 1.96 bits per heavy atom. The number of rotatable bonds is 8. The van der Waals surface area contributed by atoms with Crippen molar-refractivity contribution in [3.05, 3.63) is 53.6 Å². The normalized spacial score (nSPS) is 12.0. The van der Waals surface area contributed by atoms with Gasteiger partial charge in [-0.05, 0) is 25.5 Å². The van der Waals surface area contributed by atoms with Gasteiger partial charge in [-0.15, -0.1) is 0 Å². The molecule has 0 saturated heterocycles. The lowest BCUT2D eigenvalue weighted by Crippen LogP contribution is -2.26. The molecule has 0 aliphatic carbocycles. The lowest BCUT2D eigenvalue weighted by molar-refractivity contribution is -0.116. The van der Waals surface area contributed by atoms with Crippen LogP contribution in [0, 0.1) is 0 Å². The van der Waals surface area contributed by atoms with Crippen LogP contribution in [-0.2, 0) is 14.8 Å². The summed E-state index contributed by atoms with van der Waals surface area (Å²) >= 11 is 0. The van der Waals surface area contributed by atoms with Crippen LogP contribution < -0.4 is 10.0 Å². The first kappa shape index (κ1) is 18.9. The minimum absolute atomic E-state index is 0.0170. The summed E-state index contributed by atoms with van der Waals surface area (Å²) in [5, 5.41) is 7.94. The maximum absolute atomic E-state index is 11.9. The van der Waals surface area contributed by atoms with E-state index in [1.165, 1.54) is 6.08 Å². The first-order valence-electron chi connectivity index (χ1n) is 7.93. The highest BCUT2D eigenvalue weighted by Gasteiger charge is 2.11. The summed E-state index contributed by atoms with van der Waals surface area (Å²) in [7, 11) is -3.59. The van der Waals surface area contributed by atoms with Gasteiger partial charge in [0, 0.05) is 30.5 Å². The molecular weight excluding hydrogens is 340 g/mol. The van der Waals surface area contributed by atoms with Gasteiger partial charge in [0.2, 0.25) is 15.9 Å². The first-order chi connectivity index (χ1) is 11.9. The van der Waals surface area contributed by atoms with Gasteiger partial charge in [0.15, 0.2) is 0 Å².